The van der Waals surface area contributed by atoms with Gasteiger partial charge in [-0.25, -0.2) is 9.79 Å². The molecule has 12 heavy (non-hydrogen) atoms. The molecule has 0 fully saturated rings. The van der Waals surface area contributed by atoms with Crippen LogP contribution in [0.5, 0.6) is 0 Å². The highest BCUT2D eigenvalue weighted by molar-refractivity contribution is 6.63. The molecule has 0 aliphatic heterocycles. The number of aliphatic carboxylic acids is 1. The number of aliphatic hydroxyl groups excluding tert-OH is 1. The van der Waals surface area contributed by atoms with Gasteiger partial charge in [-0.2, -0.15) is 0 Å². The summed E-state index contributed by atoms with van der Waals surface area (Å²) in [6.45, 7) is 2.73. The minimum absolute atomic E-state index is 0.282. The number of carbonyl (C=O) groups excluding carboxylic acids is 1. The first-order valence-electron chi connectivity index (χ1n) is 3.49. The summed E-state index contributed by atoms with van der Waals surface area (Å²) in [5.74, 6) is -2.06. The summed E-state index contributed by atoms with van der Waals surface area (Å²) in [5, 5.41) is 17.3. The third kappa shape index (κ3) is 3.25. The third-order valence-corrected chi connectivity index (χ3v) is 1.18. The van der Waals surface area contributed by atoms with Crippen LogP contribution in [0.3, 0.4) is 0 Å². The smallest absolute Gasteiger partial charge is 0.357 e. The predicted octanol–water partition coefficient (Wildman–Crippen LogP) is -0.171. The van der Waals surface area contributed by atoms with Gasteiger partial charge in [0.1, 0.15) is 6.23 Å². The molecular weight excluding hydrogens is 162 g/mol. The molecule has 0 spiro atoms. The molecule has 0 amide bonds. The number of hydrogen-bond acceptors (Lipinski definition) is 4. The van der Waals surface area contributed by atoms with E-state index in [1.807, 2.05) is 0 Å². The molecule has 0 aliphatic rings. The zero-order chi connectivity index (χ0) is 9.72. The second-order valence-electron chi connectivity index (χ2n) is 2.23. The molecule has 0 radical (unpaired) electrons. The second kappa shape index (κ2) is 4.61. The van der Waals surface area contributed by atoms with Gasteiger partial charge in [0.2, 0.25) is 0 Å². The van der Waals surface area contributed by atoms with E-state index in [1.54, 1.807) is 6.92 Å². The number of Topliss-reactive ketones (excluding diaryl/α,β-unsaturated/α-hetero) is 1. The first-order valence-corrected chi connectivity index (χ1v) is 3.49. The molecule has 0 aliphatic carbocycles. The van der Waals surface area contributed by atoms with Gasteiger partial charge in [0.25, 0.3) is 0 Å². The van der Waals surface area contributed by atoms with E-state index < -0.39 is 23.7 Å². The summed E-state index contributed by atoms with van der Waals surface area (Å²) in [4.78, 5) is 24.3. The van der Waals surface area contributed by atoms with E-state index in [9.17, 15) is 9.59 Å². The molecular formula is C7H11NO4. The van der Waals surface area contributed by atoms with Crippen LogP contribution in [0, 0.1) is 0 Å². The first-order chi connectivity index (χ1) is 5.49. The molecule has 1 atom stereocenters. The van der Waals surface area contributed by atoms with E-state index in [0.29, 0.717) is 0 Å². The standard InChI is InChI=1S/C7H11NO4/c1-3-5(10)8-6(4(2)9)7(11)12/h5,10H,3H2,1-2H3,(H,11,12)/b8-6-. The Morgan fingerprint density at radius 2 is 2.00 bits per heavy atom. The molecule has 0 bridgehead atoms. The van der Waals surface area contributed by atoms with Crippen LogP contribution >= 0.6 is 0 Å². The summed E-state index contributed by atoms with van der Waals surface area (Å²) >= 11 is 0. The van der Waals surface area contributed by atoms with Crippen molar-refractivity contribution < 1.29 is 19.8 Å². The van der Waals surface area contributed by atoms with Crippen LogP contribution in [0.2, 0.25) is 0 Å². The number of ketones is 1. The van der Waals surface area contributed by atoms with Gasteiger partial charge in [-0.05, 0) is 6.42 Å². The fourth-order valence-electron chi connectivity index (χ4n) is 0.537. The number of rotatable bonds is 4. The van der Waals surface area contributed by atoms with Crippen molar-refractivity contribution in [2.24, 2.45) is 4.99 Å². The number of nitrogens with zero attached hydrogens (tertiary/aromatic N) is 1. The van der Waals surface area contributed by atoms with E-state index in [1.165, 1.54) is 0 Å². The van der Waals surface area contributed by atoms with Crippen LogP contribution in [0.25, 0.3) is 0 Å². The SMILES string of the molecule is CCC(O)/N=C(/C(C)=O)C(=O)O. The molecule has 68 valence electrons. The van der Waals surface area contributed by atoms with Crippen molar-refractivity contribution in [3.05, 3.63) is 0 Å². The number of carboxylic acids is 1. The Morgan fingerprint density at radius 3 is 2.25 bits per heavy atom. The van der Waals surface area contributed by atoms with Crippen molar-refractivity contribution in [2.45, 2.75) is 26.5 Å². The van der Waals surface area contributed by atoms with E-state index in [0.717, 1.165) is 6.92 Å². The normalized spacial score (nSPS) is 14.1. The monoisotopic (exact) mass is 173 g/mol. The van der Waals surface area contributed by atoms with Gasteiger partial charge in [0.15, 0.2) is 11.5 Å². The summed E-state index contributed by atoms with van der Waals surface area (Å²) in [5.41, 5.74) is -0.607. The predicted molar refractivity (Wildman–Crippen MR) is 42.0 cm³/mol. The highest BCUT2D eigenvalue weighted by Gasteiger charge is 2.15. The lowest BCUT2D eigenvalue weighted by Gasteiger charge is -2.01. The molecule has 5 nitrogen and oxygen atoms in total. The van der Waals surface area contributed by atoms with E-state index in [2.05, 4.69) is 4.99 Å². The topological polar surface area (TPSA) is 87.0 Å². The Kier molecular flexibility index (Phi) is 4.14. The summed E-state index contributed by atoms with van der Waals surface area (Å²) in [7, 11) is 0. The highest BCUT2D eigenvalue weighted by atomic mass is 16.4. The molecule has 0 aromatic rings. The van der Waals surface area contributed by atoms with Gasteiger partial charge in [0.05, 0.1) is 0 Å². The minimum atomic E-state index is -1.41. The van der Waals surface area contributed by atoms with Gasteiger partial charge in [-0.3, -0.25) is 4.79 Å². The van der Waals surface area contributed by atoms with Crippen molar-refractivity contribution in [2.75, 3.05) is 0 Å². The maximum atomic E-state index is 10.6. The van der Waals surface area contributed by atoms with Gasteiger partial charge in [0, 0.05) is 6.92 Å². The van der Waals surface area contributed by atoms with Crippen molar-refractivity contribution in [1.82, 2.24) is 0 Å². The van der Waals surface area contributed by atoms with Crippen molar-refractivity contribution in [3.8, 4) is 0 Å². The molecule has 2 N–H and O–H groups in total. The van der Waals surface area contributed by atoms with Crippen LogP contribution in [0.4, 0.5) is 0 Å². The molecule has 0 saturated heterocycles. The number of aliphatic imine (C=N–C) groups is 1. The molecule has 0 rings (SSSR count). The molecule has 5 heteroatoms. The minimum Gasteiger partial charge on any atom is -0.476 e. The number of aliphatic hydroxyl groups is 1. The largest absolute Gasteiger partial charge is 0.476 e. The van der Waals surface area contributed by atoms with Gasteiger partial charge in [-0.15, -0.1) is 0 Å². The fraction of sp³-hybridized carbons (Fsp3) is 0.571. The zero-order valence-corrected chi connectivity index (χ0v) is 6.94. The van der Waals surface area contributed by atoms with Crippen molar-refractivity contribution in [1.29, 1.82) is 0 Å². The number of carbonyl (C=O) groups is 2. The van der Waals surface area contributed by atoms with Crippen LogP contribution in [0.1, 0.15) is 20.3 Å². The molecule has 0 saturated carbocycles. The fourth-order valence-corrected chi connectivity index (χ4v) is 0.537. The van der Waals surface area contributed by atoms with Crippen LogP contribution in [-0.2, 0) is 9.59 Å². The van der Waals surface area contributed by atoms with Gasteiger partial charge < -0.3 is 10.2 Å². The van der Waals surface area contributed by atoms with Crippen LogP contribution in [0.15, 0.2) is 4.99 Å². The van der Waals surface area contributed by atoms with Crippen LogP contribution < -0.4 is 0 Å². The lowest BCUT2D eigenvalue weighted by atomic mass is 10.2. The van der Waals surface area contributed by atoms with Crippen molar-refractivity contribution in [3.63, 3.8) is 0 Å². The third-order valence-electron chi connectivity index (χ3n) is 1.18. The lowest BCUT2D eigenvalue weighted by molar-refractivity contribution is -0.130. The molecule has 0 heterocycles. The maximum absolute atomic E-state index is 10.6. The average Bonchev–Trinajstić information content (AvgIpc) is 1.98. The summed E-state index contributed by atoms with van der Waals surface area (Å²) in [6, 6.07) is 0. The highest BCUT2D eigenvalue weighted by Crippen LogP contribution is 1.94. The Labute approximate surface area is 69.7 Å². The van der Waals surface area contributed by atoms with E-state index >= 15 is 0 Å². The first kappa shape index (κ1) is 10.8. The Hall–Kier alpha value is -1.23. The zero-order valence-electron chi connectivity index (χ0n) is 6.94. The molecule has 0 aromatic heterocycles. The quantitative estimate of drug-likeness (QED) is 0.456. The van der Waals surface area contributed by atoms with Gasteiger partial charge in [-0.1, -0.05) is 6.92 Å². The average molecular weight is 173 g/mol. The Bertz CT molecular complexity index is 205. The summed E-state index contributed by atoms with van der Waals surface area (Å²) < 4.78 is 0. The van der Waals surface area contributed by atoms with Gasteiger partial charge >= 0.3 is 5.97 Å². The van der Waals surface area contributed by atoms with Crippen LogP contribution in [-0.4, -0.2) is 33.9 Å². The number of hydrogen-bond donors (Lipinski definition) is 2. The van der Waals surface area contributed by atoms with Crippen molar-refractivity contribution >= 4 is 17.5 Å². The Morgan fingerprint density at radius 1 is 1.50 bits per heavy atom. The Balaban J connectivity index is 4.61. The molecule has 0 aromatic carbocycles. The maximum Gasteiger partial charge on any atom is 0.357 e. The molecule has 1 unspecified atom stereocenters. The summed E-state index contributed by atoms with van der Waals surface area (Å²) in [6.07, 6.45) is -0.829. The second-order valence-corrected chi connectivity index (χ2v) is 2.23. The lowest BCUT2D eigenvalue weighted by Crippen LogP contribution is -2.23. The van der Waals surface area contributed by atoms with E-state index in [-0.39, 0.29) is 6.42 Å². The van der Waals surface area contributed by atoms with E-state index in [4.69, 9.17) is 10.2 Å². The number of carboxylic acid groups (broad SMARTS) is 1.